The summed E-state index contributed by atoms with van der Waals surface area (Å²) in [6.07, 6.45) is 3.88. The molecule has 16 heavy (non-hydrogen) atoms. The molecule has 0 spiro atoms. The Morgan fingerprint density at radius 1 is 1.44 bits per heavy atom. The molecule has 1 unspecified atom stereocenters. The van der Waals surface area contributed by atoms with Gasteiger partial charge in [-0.05, 0) is 36.6 Å². The Labute approximate surface area is 106 Å². The van der Waals surface area contributed by atoms with Gasteiger partial charge in [0, 0.05) is 17.6 Å². The van der Waals surface area contributed by atoms with Crippen molar-refractivity contribution in [3.63, 3.8) is 0 Å². The second-order valence-electron chi connectivity index (χ2n) is 4.29. The highest BCUT2D eigenvalue weighted by molar-refractivity contribution is 9.10. The fraction of sp³-hybridized carbons (Fsp3) is 0.538. The number of hydrogen-bond acceptors (Lipinski definition) is 2. The van der Waals surface area contributed by atoms with E-state index in [0.29, 0.717) is 12.6 Å². The van der Waals surface area contributed by atoms with Crippen LogP contribution in [0.15, 0.2) is 22.7 Å². The number of rotatable bonds is 3. The minimum Gasteiger partial charge on any atom is -0.380 e. The highest BCUT2D eigenvalue weighted by atomic mass is 79.9. The van der Waals surface area contributed by atoms with Crippen LogP contribution in [0.4, 0.5) is 0 Å². The Kier molecular flexibility index (Phi) is 4.38. The van der Waals surface area contributed by atoms with Crippen LogP contribution in [0.3, 0.4) is 0 Å². The van der Waals surface area contributed by atoms with Crippen molar-refractivity contribution in [1.29, 1.82) is 0 Å². The number of halogens is 1. The first-order valence-electron chi connectivity index (χ1n) is 5.82. The summed E-state index contributed by atoms with van der Waals surface area (Å²) in [5, 5.41) is 3.56. The largest absolute Gasteiger partial charge is 0.380 e. The first-order valence-corrected chi connectivity index (χ1v) is 6.61. The molecule has 1 aromatic rings. The average Bonchev–Trinajstić information content (AvgIpc) is 2.33. The molecule has 0 amide bonds. The minimum absolute atomic E-state index is 0.529. The Hall–Kier alpha value is -0.380. The molecule has 0 aliphatic carbocycles. The van der Waals surface area contributed by atoms with Gasteiger partial charge in [0.25, 0.3) is 0 Å². The van der Waals surface area contributed by atoms with Crippen LogP contribution >= 0.6 is 15.9 Å². The molecule has 0 aromatic heterocycles. The highest BCUT2D eigenvalue weighted by Crippen LogP contribution is 2.27. The maximum atomic E-state index is 5.15. The van der Waals surface area contributed by atoms with Crippen molar-refractivity contribution in [2.45, 2.75) is 31.9 Å². The van der Waals surface area contributed by atoms with Crippen LogP contribution in [0.1, 0.15) is 36.4 Å². The van der Waals surface area contributed by atoms with Crippen LogP contribution in [0.25, 0.3) is 0 Å². The van der Waals surface area contributed by atoms with E-state index in [4.69, 9.17) is 4.74 Å². The third-order valence-corrected chi connectivity index (χ3v) is 3.83. The molecule has 1 aliphatic heterocycles. The Bertz CT molecular complexity index is 348. The van der Waals surface area contributed by atoms with Gasteiger partial charge in [0.1, 0.15) is 0 Å². The monoisotopic (exact) mass is 283 g/mol. The average molecular weight is 284 g/mol. The molecule has 0 saturated carbocycles. The van der Waals surface area contributed by atoms with E-state index in [1.165, 1.54) is 30.4 Å². The Balaban J connectivity index is 2.13. The first-order chi connectivity index (χ1) is 7.81. The van der Waals surface area contributed by atoms with Crippen molar-refractivity contribution in [1.82, 2.24) is 5.32 Å². The zero-order valence-electron chi connectivity index (χ0n) is 9.63. The van der Waals surface area contributed by atoms with E-state index in [0.717, 1.165) is 11.0 Å². The lowest BCUT2D eigenvalue weighted by molar-refractivity contribution is 0.184. The van der Waals surface area contributed by atoms with Crippen molar-refractivity contribution in [3.8, 4) is 0 Å². The molecule has 0 radical (unpaired) electrons. The summed E-state index contributed by atoms with van der Waals surface area (Å²) in [5.41, 5.74) is 2.59. The normalized spacial score (nSPS) is 21.0. The van der Waals surface area contributed by atoms with E-state index in [1.54, 1.807) is 7.11 Å². The Morgan fingerprint density at radius 3 is 2.94 bits per heavy atom. The van der Waals surface area contributed by atoms with Gasteiger partial charge >= 0.3 is 0 Å². The summed E-state index contributed by atoms with van der Waals surface area (Å²) in [6, 6.07) is 7.11. The molecule has 1 fully saturated rings. The third-order valence-electron chi connectivity index (χ3n) is 3.09. The lowest BCUT2D eigenvalue weighted by atomic mass is 9.97. The van der Waals surface area contributed by atoms with Gasteiger partial charge in [0.2, 0.25) is 0 Å². The first kappa shape index (κ1) is 12.1. The Morgan fingerprint density at radius 2 is 2.31 bits per heavy atom. The van der Waals surface area contributed by atoms with Crippen LogP contribution in [0.2, 0.25) is 0 Å². The van der Waals surface area contributed by atoms with Crippen LogP contribution < -0.4 is 5.32 Å². The highest BCUT2D eigenvalue weighted by Gasteiger charge is 2.15. The van der Waals surface area contributed by atoms with Crippen LogP contribution in [0.5, 0.6) is 0 Å². The number of methoxy groups -OCH3 is 1. The number of piperidine rings is 1. The van der Waals surface area contributed by atoms with E-state index in [9.17, 15) is 0 Å². The molecule has 1 N–H and O–H groups in total. The van der Waals surface area contributed by atoms with Crippen molar-refractivity contribution < 1.29 is 4.74 Å². The van der Waals surface area contributed by atoms with Crippen LogP contribution in [-0.4, -0.2) is 13.7 Å². The molecule has 0 bridgehead atoms. The van der Waals surface area contributed by atoms with Gasteiger partial charge < -0.3 is 10.1 Å². The zero-order valence-corrected chi connectivity index (χ0v) is 11.2. The van der Waals surface area contributed by atoms with Gasteiger partial charge in [0.05, 0.1) is 6.61 Å². The lowest BCUT2D eigenvalue weighted by Gasteiger charge is -2.24. The zero-order chi connectivity index (χ0) is 11.4. The summed E-state index contributed by atoms with van der Waals surface area (Å²) >= 11 is 3.61. The maximum Gasteiger partial charge on any atom is 0.0724 e. The molecule has 1 aliphatic rings. The van der Waals surface area contributed by atoms with Crippen LogP contribution in [-0.2, 0) is 11.3 Å². The number of ether oxygens (including phenoxy) is 1. The quantitative estimate of drug-likeness (QED) is 0.918. The molecule has 1 aromatic carbocycles. The van der Waals surface area contributed by atoms with Crippen molar-refractivity contribution >= 4 is 15.9 Å². The molecule has 88 valence electrons. The van der Waals surface area contributed by atoms with Crippen molar-refractivity contribution in [2.24, 2.45) is 0 Å². The van der Waals surface area contributed by atoms with E-state index in [-0.39, 0.29) is 0 Å². The number of benzene rings is 1. The van der Waals surface area contributed by atoms with Crippen molar-refractivity contribution in [3.05, 3.63) is 33.8 Å². The predicted molar refractivity (Wildman–Crippen MR) is 69.4 cm³/mol. The minimum atomic E-state index is 0.529. The van der Waals surface area contributed by atoms with Gasteiger partial charge in [0.15, 0.2) is 0 Å². The van der Waals surface area contributed by atoms with E-state index in [2.05, 4.69) is 39.4 Å². The van der Waals surface area contributed by atoms with Crippen molar-refractivity contribution in [2.75, 3.05) is 13.7 Å². The molecule has 1 heterocycles. The van der Waals surface area contributed by atoms with E-state index < -0.39 is 0 Å². The fourth-order valence-electron chi connectivity index (χ4n) is 2.19. The second kappa shape index (κ2) is 5.80. The molecule has 3 heteroatoms. The molecule has 2 rings (SSSR count). The second-order valence-corrected chi connectivity index (χ2v) is 5.14. The van der Waals surface area contributed by atoms with E-state index in [1.807, 2.05) is 0 Å². The van der Waals surface area contributed by atoms with Gasteiger partial charge in [-0.25, -0.2) is 0 Å². The van der Waals surface area contributed by atoms with Gasteiger partial charge in [-0.1, -0.05) is 34.5 Å². The summed E-state index contributed by atoms with van der Waals surface area (Å²) in [5.74, 6) is 0. The summed E-state index contributed by atoms with van der Waals surface area (Å²) < 4.78 is 6.30. The number of nitrogens with one attached hydrogen (secondary N) is 1. The summed E-state index contributed by atoms with van der Waals surface area (Å²) in [7, 11) is 1.73. The lowest BCUT2D eigenvalue weighted by Crippen LogP contribution is -2.26. The molecular formula is C13H18BrNO. The maximum absolute atomic E-state index is 5.15. The summed E-state index contributed by atoms with van der Waals surface area (Å²) in [6.45, 7) is 1.81. The van der Waals surface area contributed by atoms with Gasteiger partial charge in [-0.3, -0.25) is 0 Å². The molecule has 1 saturated heterocycles. The smallest absolute Gasteiger partial charge is 0.0724 e. The molecular weight excluding hydrogens is 266 g/mol. The van der Waals surface area contributed by atoms with Crippen LogP contribution in [0, 0.1) is 0 Å². The van der Waals surface area contributed by atoms with Gasteiger partial charge in [-0.15, -0.1) is 0 Å². The predicted octanol–water partition coefficient (Wildman–Crippen LogP) is 3.41. The number of hydrogen-bond donors (Lipinski definition) is 1. The fourth-order valence-corrected chi connectivity index (χ4v) is 2.70. The van der Waals surface area contributed by atoms with Gasteiger partial charge in [-0.2, -0.15) is 0 Å². The molecule has 2 nitrogen and oxygen atoms in total. The molecule has 1 atom stereocenters. The standard InChI is InChI=1S/C13H18BrNO/c1-16-9-11-6-5-10(8-12(11)14)13-4-2-3-7-15-13/h5-6,8,13,15H,2-4,7,9H2,1H3. The summed E-state index contributed by atoms with van der Waals surface area (Å²) in [4.78, 5) is 0. The third kappa shape index (κ3) is 2.84. The van der Waals surface area contributed by atoms with E-state index >= 15 is 0 Å². The topological polar surface area (TPSA) is 21.3 Å². The SMILES string of the molecule is COCc1ccc(C2CCCCN2)cc1Br.